The lowest BCUT2D eigenvalue weighted by Crippen LogP contribution is -2.09. The van der Waals surface area contributed by atoms with Gasteiger partial charge in [0.2, 0.25) is 0 Å². The third-order valence-electron chi connectivity index (χ3n) is 6.55. The minimum Gasteiger partial charge on any atom is -0.386 e. The molecule has 6 rings (SSSR count). The van der Waals surface area contributed by atoms with E-state index in [0.29, 0.717) is 34.5 Å². The smallest absolute Gasteiger partial charge is 0.386 e. The van der Waals surface area contributed by atoms with Crippen LogP contribution < -0.4 is 27.1 Å². The molecule has 10 heteroatoms. The average Bonchev–Trinajstić information content (AvgIpc) is 3.10. The zero-order valence-electron chi connectivity index (χ0n) is 27.0. The van der Waals surface area contributed by atoms with Gasteiger partial charge >= 0.3 is 15.6 Å². The first kappa shape index (κ1) is 34.9. The van der Waals surface area contributed by atoms with Gasteiger partial charge in [-0.1, -0.05) is 123 Å². The normalized spacial score (nSPS) is 11.0. The topological polar surface area (TPSA) is 89.5 Å². The Hall–Kier alpha value is -5.42. The first-order valence-electron chi connectivity index (χ1n) is 15.5. The van der Waals surface area contributed by atoms with E-state index in [9.17, 15) is 9.13 Å². The van der Waals surface area contributed by atoms with Crippen molar-refractivity contribution in [3.05, 3.63) is 181 Å². The van der Waals surface area contributed by atoms with Crippen LogP contribution in [0.25, 0.3) is 0 Å². The van der Waals surface area contributed by atoms with Crippen LogP contribution in [0.15, 0.2) is 176 Å². The van der Waals surface area contributed by atoms with Gasteiger partial charge in [-0.2, -0.15) is 9.13 Å². The van der Waals surface area contributed by atoms with Gasteiger partial charge in [-0.3, -0.25) is 0 Å². The zero-order valence-corrected chi connectivity index (χ0v) is 28.8. The number of rotatable bonds is 13. The highest BCUT2D eigenvalue weighted by atomic mass is 31.2. The van der Waals surface area contributed by atoms with Crippen molar-refractivity contribution >= 4 is 15.6 Å². The van der Waals surface area contributed by atoms with Crippen LogP contribution in [0.1, 0.15) is 25.3 Å². The summed E-state index contributed by atoms with van der Waals surface area (Å²) in [5.41, 5.74) is 0.932. The predicted octanol–water partition coefficient (Wildman–Crippen LogP) is 11.8. The maximum Gasteiger partial charge on any atom is 0.647 e. The quantitative estimate of drug-likeness (QED) is 0.110. The average molecular weight is 695 g/mol. The Balaban J connectivity index is 0.000000192. The van der Waals surface area contributed by atoms with E-state index in [-0.39, 0.29) is 5.92 Å². The van der Waals surface area contributed by atoms with Crippen molar-refractivity contribution in [3.8, 4) is 34.5 Å². The van der Waals surface area contributed by atoms with Gasteiger partial charge in [-0.25, -0.2) is 0 Å². The van der Waals surface area contributed by atoms with Crippen molar-refractivity contribution in [1.82, 2.24) is 0 Å². The summed E-state index contributed by atoms with van der Waals surface area (Å²) < 4.78 is 60.2. The molecule has 0 unspecified atom stereocenters. The van der Waals surface area contributed by atoms with Crippen molar-refractivity contribution in [3.63, 3.8) is 0 Å². The molecule has 0 radical (unpaired) electrons. The van der Waals surface area contributed by atoms with Gasteiger partial charge in [0.05, 0.1) is 0 Å². The molecule has 0 aliphatic heterocycles. The summed E-state index contributed by atoms with van der Waals surface area (Å²) in [6.07, 6.45) is 0. The molecule has 0 fully saturated rings. The second-order valence-corrected chi connectivity index (χ2v) is 13.6. The number of phosphoric acid groups is 2. The van der Waals surface area contributed by atoms with E-state index in [0.717, 1.165) is 5.56 Å². The Morgan fingerprint density at radius 3 is 0.878 bits per heavy atom. The SMILES string of the molecule is CC(C)c1ccccc1OP(=O)(Oc1ccccc1)Oc1ccccc1.O=P(Oc1ccccc1)(Oc1ccccc1)Oc1ccccc1. The van der Waals surface area contributed by atoms with Crippen LogP contribution in [0.3, 0.4) is 0 Å². The highest BCUT2D eigenvalue weighted by molar-refractivity contribution is 7.50. The molecular weight excluding hydrogens is 658 g/mol. The number of benzene rings is 6. The zero-order chi connectivity index (χ0) is 34.4. The van der Waals surface area contributed by atoms with Gasteiger partial charge in [-0.05, 0) is 78.2 Å². The molecule has 6 aromatic rings. The number of hydrogen-bond acceptors (Lipinski definition) is 8. The van der Waals surface area contributed by atoms with Gasteiger partial charge in [0, 0.05) is 0 Å². The lowest BCUT2D eigenvalue weighted by molar-refractivity contribution is 0.296. The van der Waals surface area contributed by atoms with Crippen LogP contribution >= 0.6 is 15.6 Å². The summed E-state index contributed by atoms with van der Waals surface area (Å²) >= 11 is 0. The molecule has 0 aromatic heterocycles. The second kappa shape index (κ2) is 17.1. The molecule has 0 amide bonds. The summed E-state index contributed by atoms with van der Waals surface area (Å²) in [6.45, 7) is 4.09. The van der Waals surface area contributed by atoms with Crippen LogP contribution in [-0.4, -0.2) is 0 Å². The summed E-state index contributed by atoms with van der Waals surface area (Å²) in [4.78, 5) is 0. The molecule has 250 valence electrons. The Morgan fingerprint density at radius 1 is 0.347 bits per heavy atom. The Morgan fingerprint density at radius 2 is 0.592 bits per heavy atom. The van der Waals surface area contributed by atoms with Crippen molar-refractivity contribution in [2.75, 3.05) is 0 Å². The molecule has 0 bridgehead atoms. The molecule has 0 atom stereocenters. The molecule has 0 saturated carbocycles. The number of hydrogen-bond donors (Lipinski definition) is 0. The highest BCUT2D eigenvalue weighted by Gasteiger charge is 2.34. The lowest BCUT2D eigenvalue weighted by Gasteiger charge is -2.21. The fraction of sp³-hybridized carbons (Fsp3) is 0.0769. The van der Waals surface area contributed by atoms with E-state index in [2.05, 4.69) is 0 Å². The molecule has 49 heavy (non-hydrogen) atoms. The summed E-state index contributed by atoms with van der Waals surface area (Å²) in [6, 6.07) is 51.5. The maximum absolute atomic E-state index is 13.4. The highest BCUT2D eigenvalue weighted by Crippen LogP contribution is 2.51. The van der Waals surface area contributed by atoms with E-state index < -0.39 is 15.6 Å². The second-order valence-electron chi connectivity index (χ2n) is 10.7. The molecule has 8 nitrogen and oxygen atoms in total. The molecule has 0 heterocycles. The largest absolute Gasteiger partial charge is 0.647 e. The van der Waals surface area contributed by atoms with E-state index in [1.165, 1.54) is 0 Å². The number of para-hydroxylation sites is 6. The molecular formula is C39H36O8P2. The Labute approximate surface area is 287 Å². The minimum absolute atomic E-state index is 0.202. The van der Waals surface area contributed by atoms with Crippen LogP contribution in [0.4, 0.5) is 0 Å². The van der Waals surface area contributed by atoms with Gasteiger partial charge in [0.25, 0.3) is 0 Å². The number of phosphoric ester groups is 2. The summed E-state index contributed by atoms with van der Waals surface area (Å²) in [7, 11) is -7.84. The molecule has 0 aliphatic carbocycles. The molecule has 0 N–H and O–H groups in total. The van der Waals surface area contributed by atoms with Crippen molar-refractivity contribution in [1.29, 1.82) is 0 Å². The third kappa shape index (κ3) is 11.1. The maximum atomic E-state index is 13.4. The van der Waals surface area contributed by atoms with E-state index in [1.807, 2.05) is 62.4 Å². The first-order chi connectivity index (χ1) is 23.8. The molecule has 0 spiro atoms. The monoisotopic (exact) mass is 694 g/mol. The Kier molecular flexibility index (Phi) is 12.2. The van der Waals surface area contributed by atoms with Crippen molar-refractivity contribution in [2.45, 2.75) is 19.8 Å². The van der Waals surface area contributed by atoms with Crippen molar-refractivity contribution in [2.24, 2.45) is 0 Å². The van der Waals surface area contributed by atoms with Crippen LogP contribution in [0.2, 0.25) is 0 Å². The fourth-order valence-electron chi connectivity index (χ4n) is 4.33. The van der Waals surface area contributed by atoms with E-state index >= 15 is 0 Å². The Bertz CT molecular complexity index is 1790. The standard InChI is InChI=1S/C21H21O4P.C18H15O4P/c1-17(2)20-15-9-10-16-21(20)25-26(22,23-18-11-5-3-6-12-18)24-19-13-7-4-8-14-19;19-23(20-16-10-4-1-5-11-16,21-17-12-6-2-7-13-17)22-18-14-8-3-9-15-18/h3-17H,1-2H3;1-15H. The summed E-state index contributed by atoms with van der Waals surface area (Å²) in [5.74, 6) is 2.72. The summed E-state index contributed by atoms with van der Waals surface area (Å²) in [5, 5.41) is 0. The van der Waals surface area contributed by atoms with Crippen LogP contribution in [0, 0.1) is 0 Å². The van der Waals surface area contributed by atoms with E-state index in [4.69, 9.17) is 27.1 Å². The molecule has 0 saturated heterocycles. The van der Waals surface area contributed by atoms with Crippen LogP contribution in [-0.2, 0) is 9.13 Å². The molecule has 0 aliphatic rings. The predicted molar refractivity (Wildman–Crippen MR) is 192 cm³/mol. The van der Waals surface area contributed by atoms with Gasteiger partial charge in [0.15, 0.2) is 0 Å². The fourth-order valence-corrected chi connectivity index (χ4v) is 6.86. The van der Waals surface area contributed by atoms with Gasteiger partial charge in [-0.15, -0.1) is 0 Å². The first-order valence-corrected chi connectivity index (χ1v) is 18.4. The lowest BCUT2D eigenvalue weighted by atomic mass is 10.0. The van der Waals surface area contributed by atoms with E-state index in [1.54, 1.807) is 127 Å². The van der Waals surface area contributed by atoms with Crippen LogP contribution in [0.5, 0.6) is 34.5 Å². The van der Waals surface area contributed by atoms with Gasteiger partial charge in [0.1, 0.15) is 34.5 Å². The van der Waals surface area contributed by atoms with Crippen molar-refractivity contribution < 1.29 is 36.3 Å². The third-order valence-corrected chi connectivity index (χ3v) is 9.15. The van der Waals surface area contributed by atoms with Gasteiger partial charge < -0.3 is 27.1 Å². The molecule has 6 aromatic carbocycles. The minimum atomic E-state index is -3.95.